The molecule has 2 aromatic carbocycles. The van der Waals surface area contributed by atoms with Gasteiger partial charge in [0.1, 0.15) is 11.3 Å². The molecule has 0 spiro atoms. The summed E-state index contributed by atoms with van der Waals surface area (Å²) in [5.41, 5.74) is 10.1. The number of phosphoric ester groups is 1. The molecule has 4 aromatic rings. The van der Waals surface area contributed by atoms with E-state index in [0.717, 1.165) is 47.1 Å². The molecule has 36 heavy (non-hydrogen) atoms. The number of pyridine rings is 1. The van der Waals surface area contributed by atoms with Crippen LogP contribution in [0.5, 0.6) is 11.5 Å². The Morgan fingerprint density at radius 3 is 2.56 bits per heavy atom. The minimum Gasteiger partial charge on any atom is -0.504 e. The van der Waals surface area contributed by atoms with E-state index in [9.17, 15) is 19.5 Å². The van der Waals surface area contributed by atoms with Crippen molar-refractivity contribution >= 4 is 35.6 Å². The molecule has 0 aliphatic heterocycles. The van der Waals surface area contributed by atoms with E-state index in [4.69, 9.17) is 15.2 Å². The molecule has 2 aromatic heterocycles. The van der Waals surface area contributed by atoms with Crippen LogP contribution in [0.15, 0.2) is 36.4 Å². The van der Waals surface area contributed by atoms with E-state index in [1.165, 1.54) is 6.07 Å². The number of phosphoric acid groups is 1. The lowest BCUT2D eigenvalue weighted by Gasteiger charge is -2.23. The first kappa shape index (κ1) is 25.9. The van der Waals surface area contributed by atoms with Gasteiger partial charge in [-0.1, -0.05) is 58.4 Å². The number of para-hydroxylation sites is 1. The smallest absolute Gasteiger partial charge is 0.504 e. The summed E-state index contributed by atoms with van der Waals surface area (Å²) in [5, 5.41) is 11.2. The second-order valence-electron chi connectivity index (χ2n) is 9.73. The summed E-state index contributed by atoms with van der Waals surface area (Å²) < 4.78 is 18.5. The van der Waals surface area contributed by atoms with Gasteiger partial charge in [0.05, 0.1) is 17.6 Å². The van der Waals surface area contributed by atoms with Crippen molar-refractivity contribution in [3.05, 3.63) is 53.3 Å². The van der Waals surface area contributed by atoms with Gasteiger partial charge < -0.3 is 19.9 Å². The van der Waals surface area contributed by atoms with Crippen LogP contribution in [0.25, 0.3) is 21.9 Å². The van der Waals surface area contributed by atoms with E-state index in [1.54, 1.807) is 12.1 Å². The average Bonchev–Trinajstić information content (AvgIpc) is 3.18. The van der Waals surface area contributed by atoms with Crippen molar-refractivity contribution < 1.29 is 24.0 Å². The van der Waals surface area contributed by atoms with Crippen molar-refractivity contribution in [2.24, 2.45) is 0 Å². The minimum absolute atomic E-state index is 0.0253. The fourth-order valence-electron chi connectivity index (χ4n) is 4.37. The van der Waals surface area contributed by atoms with Crippen molar-refractivity contribution in [3.8, 4) is 11.5 Å². The fourth-order valence-corrected chi connectivity index (χ4v) is 4.82. The second kappa shape index (κ2) is 9.73. The monoisotopic (exact) mass is 512 g/mol. The molecule has 0 saturated heterocycles. The van der Waals surface area contributed by atoms with Gasteiger partial charge in [-0.15, -0.1) is 0 Å². The lowest BCUT2D eigenvalue weighted by Crippen LogP contribution is -2.15. The van der Waals surface area contributed by atoms with Gasteiger partial charge in [0.15, 0.2) is 17.3 Å². The molecule has 9 nitrogen and oxygen atoms in total. The van der Waals surface area contributed by atoms with E-state index < -0.39 is 7.82 Å². The van der Waals surface area contributed by atoms with E-state index in [-0.39, 0.29) is 23.5 Å². The van der Waals surface area contributed by atoms with Gasteiger partial charge in [-0.3, -0.25) is 9.79 Å². The molecule has 0 unspecified atom stereocenters. The second-order valence-corrected chi connectivity index (χ2v) is 10.9. The predicted octanol–water partition coefficient (Wildman–Crippen LogP) is 5.42. The maximum Gasteiger partial charge on any atom is 0.524 e. The standard InChI is InChI=1S/C26H33N4O5P/c1-5-7-11-21-29-22-23(18-13-12-17(26(3,4)6-2)14-19(18)28-25(22)27)30(21)15-16-9-8-10-20(31)24(16)35-36(32,33)34/h8-10,12-14,31H,5-7,11,15H2,1-4H3,(H2,27,28)(H2,32,33,34). The Labute approximate surface area is 210 Å². The van der Waals surface area contributed by atoms with Crippen LogP contribution in [-0.2, 0) is 22.9 Å². The number of phenols is 1. The van der Waals surface area contributed by atoms with Crippen LogP contribution in [0.2, 0.25) is 0 Å². The first-order valence-electron chi connectivity index (χ1n) is 12.1. The highest BCUT2D eigenvalue weighted by atomic mass is 31.2. The largest absolute Gasteiger partial charge is 0.524 e. The summed E-state index contributed by atoms with van der Waals surface area (Å²) in [6.07, 6.45) is 3.51. The molecule has 0 aliphatic carbocycles. The van der Waals surface area contributed by atoms with Crippen LogP contribution in [0.4, 0.5) is 5.82 Å². The Kier molecular flexibility index (Phi) is 7.01. The van der Waals surface area contributed by atoms with E-state index in [1.807, 2.05) is 10.6 Å². The molecule has 0 aliphatic rings. The van der Waals surface area contributed by atoms with Crippen LogP contribution in [0, 0.1) is 0 Å². The maximum absolute atomic E-state index is 11.6. The molecule has 0 bridgehead atoms. The fraction of sp³-hybridized carbons (Fsp3) is 0.385. The van der Waals surface area contributed by atoms with Crippen molar-refractivity contribution in [1.82, 2.24) is 14.5 Å². The summed E-state index contributed by atoms with van der Waals surface area (Å²) in [6.45, 7) is 8.79. The van der Waals surface area contributed by atoms with Crippen molar-refractivity contribution in [1.29, 1.82) is 0 Å². The van der Waals surface area contributed by atoms with Gasteiger partial charge in [0.2, 0.25) is 0 Å². The highest BCUT2D eigenvalue weighted by molar-refractivity contribution is 7.46. The van der Waals surface area contributed by atoms with Crippen molar-refractivity contribution in [2.45, 2.75) is 65.3 Å². The number of anilines is 1. The Balaban J connectivity index is 1.97. The highest BCUT2D eigenvalue weighted by Gasteiger charge is 2.25. The number of nitrogen functional groups attached to an aromatic ring is 1. The third-order valence-electron chi connectivity index (χ3n) is 6.82. The molecule has 4 rings (SSSR count). The van der Waals surface area contributed by atoms with Crippen LogP contribution in [0.3, 0.4) is 0 Å². The molecule has 2 heterocycles. The zero-order chi connectivity index (χ0) is 26.3. The number of fused-ring (bicyclic) bond motifs is 3. The van der Waals surface area contributed by atoms with E-state index in [2.05, 4.69) is 44.8 Å². The quantitative estimate of drug-likeness (QED) is 0.218. The third-order valence-corrected chi connectivity index (χ3v) is 7.24. The molecule has 0 amide bonds. The molecule has 0 atom stereocenters. The SMILES string of the molecule is CCCCc1nc2c(N)nc3cc(C(C)(C)CC)ccc3c2n1Cc1cccc(O)c1OP(=O)(O)O. The number of aryl methyl sites for hydroxylation is 1. The molecule has 0 fully saturated rings. The maximum atomic E-state index is 11.6. The molecule has 5 N–H and O–H groups in total. The summed E-state index contributed by atoms with van der Waals surface area (Å²) in [7, 11) is -4.90. The molecule has 10 heteroatoms. The number of phenolic OH excluding ortho intramolecular Hbond substituents is 1. The number of nitrogens with two attached hydrogens (primary N) is 1. The lowest BCUT2D eigenvalue weighted by molar-refractivity contribution is 0.276. The number of aromatic hydroxyl groups is 1. The van der Waals surface area contributed by atoms with Gasteiger partial charge in [-0.2, -0.15) is 0 Å². The third kappa shape index (κ3) is 5.05. The van der Waals surface area contributed by atoms with Gasteiger partial charge in [0.25, 0.3) is 0 Å². The number of unbranched alkanes of at least 4 members (excludes halogenated alkanes) is 1. The van der Waals surface area contributed by atoms with Crippen LogP contribution in [0.1, 0.15) is 63.9 Å². The highest BCUT2D eigenvalue weighted by Crippen LogP contribution is 2.44. The number of hydrogen-bond acceptors (Lipinski definition) is 6. The Bertz CT molecular complexity index is 1470. The molecular formula is C26H33N4O5P. The zero-order valence-corrected chi connectivity index (χ0v) is 21.9. The lowest BCUT2D eigenvalue weighted by atomic mass is 9.82. The van der Waals surface area contributed by atoms with E-state index >= 15 is 0 Å². The molecule has 0 saturated carbocycles. The number of rotatable bonds is 9. The van der Waals surface area contributed by atoms with Crippen LogP contribution < -0.4 is 10.3 Å². The first-order chi connectivity index (χ1) is 16.9. The topological polar surface area (TPSA) is 144 Å². The molecular weight excluding hydrogens is 479 g/mol. The minimum atomic E-state index is -4.90. The number of nitrogens with zero attached hydrogens (tertiary/aromatic N) is 3. The van der Waals surface area contributed by atoms with Gasteiger partial charge in [-0.05, 0) is 36.0 Å². The first-order valence-corrected chi connectivity index (χ1v) is 13.6. The van der Waals surface area contributed by atoms with E-state index in [0.29, 0.717) is 23.3 Å². The van der Waals surface area contributed by atoms with Gasteiger partial charge >= 0.3 is 7.82 Å². The van der Waals surface area contributed by atoms with Crippen molar-refractivity contribution in [3.63, 3.8) is 0 Å². The van der Waals surface area contributed by atoms with Crippen LogP contribution in [-0.4, -0.2) is 29.4 Å². The predicted molar refractivity (Wildman–Crippen MR) is 141 cm³/mol. The summed E-state index contributed by atoms with van der Waals surface area (Å²) in [4.78, 5) is 28.3. The van der Waals surface area contributed by atoms with Gasteiger partial charge in [0, 0.05) is 17.4 Å². The summed E-state index contributed by atoms with van der Waals surface area (Å²) >= 11 is 0. The molecule has 0 radical (unpaired) electrons. The molecule has 192 valence electrons. The summed E-state index contributed by atoms with van der Waals surface area (Å²) in [6, 6.07) is 10.8. The number of imidazole rings is 1. The number of benzene rings is 2. The Morgan fingerprint density at radius 2 is 1.89 bits per heavy atom. The number of hydrogen-bond donors (Lipinski definition) is 4. The zero-order valence-electron chi connectivity index (χ0n) is 21.0. The van der Waals surface area contributed by atoms with Crippen LogP contribution >= 0.6 is 7.82 Å². The van der Waals surface area contributed by atoms with Crippen molar-refractivity contribution in [2.75, 3.05) is 5.73 Å². The normalized spacial score (nSPS) is 12.5. The number of aromatic nitrogens is 3. The summed E-state index contributed by atoms with van der Waals surface area (Å²) in [5.74, 6) is 0.486. The Hall–Kier alpha value is -3.13. The average molecular weight is 513 g/mol. The van der Waals surface area contributed by atoms with Gasteiger partial charge in [-0.25, -0.2) is 14.5 Å². The Morgan fingerprint density at radius 1 is 1.14 bits per heavy atom.